The zero-order valence-corrected chi connectivity index (χ0v) is 16.0. The van der Waals surface area contributed by atoms with Crippen molar-refractivity contribution < 1.29 is 18.0 Å². The van der Waals surface area contributed by atoms with Crippen LogP contribution >= 0.6 is 0 Å². The summed E-state index contributed by atoms with van der Waals surface area (Å²) in [4.78, 5) is 26.0. The minimum Gasteiger partial charge on any atom is -0.354 e. The first-order valence-corrected chi connectivity index (χ1v) is 10.2. The third kappa shape index (κ3) is 5.03. The van der Waals surface area contributed by atoms with E-state index in [9.17, 15) is 18.0 Å². The van der Waals surface area contributed by atoms with Gasteiger partial charge in [-0.05, 0) is 31.3 Å². The molecule has 0 unspecified atom stereocenters. The van der Waals surface area contributed by atoms with E-state index in [0.29, 0.717) is 6.54 Å². The van der Waals surface area contributed by atoms with E-state index in [1.807, 2.05) is 0 Å². The number of hydrogen-bond acceptors (Lipinski definition) is 5. The van der Waals surface area contributed by atoms with Crippen molar-refractivity contribution in [1.82, 2.24) is 19.8 Å². The van der Waals surface area contributed by atoms with Gasteiger partial charge >= 0.3 is 0 Å². The number of benzene rings is 1. The molecule has 9 heteroatoms. The number of amides is 2. The molecule has 0 bridgehead atoms. The molecular formula is C17H26N4O4S. The van der Waals surface area contributed by atoms with E-state index in [0.717, 1.165) is 23.9 Å². The molecule has 2 rings (SSSR count). The number of nitrogens with zero attached hydrogens (tertiary/aromatic N) is 2. The van der Waals surface area contributed by atoms with Gasteiger partial charge in [0.2, 0.25) is 15.9 Å². The smallest absolute Gasteiger partial charge is 0.251 e. The Morgan fingerprint density at radius 1 is 1.31 bits per heavy atom. The van der Waals surface area contributed by atoms with Crippen molar-refractivity contribution in [3.63, 3.8) is 0 Å². The van der Waals surface area contributed by atoms with Gasteiger partial charge in [-0.1, -0.05) is 19.9 Å². The molecular weight excluding hydrogens is 356 g/mol. The van der Waals surface area contributed by atoms with Crippen molar-refractivity contribution in [3.05, 3.63) is 29.8 Å². The van der Waals surface area contributed by atoms with Gasteiger partial charge in [-0.25, -0.2) is 8.42 Å². The van der Waals surface area contributed by atoms with Crippen LogP contribution < -0.4 is 10.6 Å². The lowest BCUT2D eigenvalue weighted by Gasteiger charge is -2.26. The van der Waals surface area contributed by atoms with Crippen molar-refractivity contribution in [2.45, 2.75) is 18.7 Å². The molecule has 1 fully saturated rings. The molecule has 0 aliphatic carbocycles. The average Bonchev–Trinajstić information content (AvgIpc) is 2.65. The molecule has 0 radical (unpaired) electrons. The summed E-state index contributed by atoms with van der Waals surface area (Å²) in [5.41, 5.74) is 0.284. The maximum atomic E-state index is 12.7. The summed E-state index contributed by atoms with van der Waals surface area (Å²) >= 11 is 0. The van der Waals surface area contributed by atoms with Crippen LogP contribution in [0.4, 0.5) is 0 Å². The lowest BCUT2D eigenvalue weighted by molar-refractivity contribution is -0.122. The molecule has 1 aliphatic rings. The monoisotopic (exact) mass is 382 g/mol. The number of nitrogens with one attached hydrogen (secondary N) is 2. The lowest BCUT2D eigenvalue weighted by Crippen LogP contribution is -2.49. The van der Waals surface area contributed by atoms with Crippen LogP contribution in [0.2, 0.25) is 0 Å². The molecule has 144 valence electrons. The first-order chi connectivity index (χ1) is 12.4. The number of carbonyl (C=O) groups excluding carboxylic acids is 2. The minimum absolute atomic E-state index is 0.0172. The topological polar surface area (TPSA) is 98.8 Å². The van der Waals surface area contributed by atoms with Gasteiger partial charge in [-0.2, -0.15) is 4.31 Å². The fourth-order valence-corrected chi connectivity index (χ4v) is 4.18. The molecule has 1 aliphatic heterocycles. The van der Waals surface area contributed by atoms with Gasteiger partial charge in [0.1, 0.15) is 0 Å². The second-order valence-electron chi connectivity index (χ2n) is 6.00. The Bertz CT molecular complexity index is 747. The maximum Gasteiger partial charge on any atom is 0.251 e. The van der Waals surface area contributed by atoms with Gasteiger partial charge in [-0.15, -0.1) is 0 Å². The molecule has 1 aromatic rings. The summed E-state index contributed by atoms with van der Waals surface area (Å²) in [6.45, 7) is 7.44. The predicted molar refractivity (Wildman–Crippen MR) is 98.3 cm³/mol. The maximum absolute atomic E-state index is 12.7. The Hall–Kier alpha value is -1.97. The summed E-state index contributed by atoms with van der Waals surface area (Å²) in [6.07, 6.45) is 0. The summed E-state index contributed by atoms with van der Waals surface area (Å²) < 4.78 is 26.5. The first kappa shape index (κ1) is 20.3. The van der Waals surface area contributed by atoms with Gasteiger partial charge in [0.05, 0.1) is 11.4 Å². The second-order valence-corrected chi connectivity index (χ2v) is 7.94. The lowest BCUT2D eigenvalue weighted by atomic mass is 10.2. The number of sulfonamides is 1. The Morgan fingerprint density at radius 2 is 2.04 bits per heavy atom. The molecule has 2 amide bonds. The van der Waals surface area contributed by atoms with E-state index in [1.54, 1.807) is 6.07 Å². The van der Waals surface area contributed by atoms with E-state index < -0.39 is 10.0 Å². The van der Waals surface area contributed by atoms with E-state index in [2.05, 4.69) is 29.4 Å². The van der Waals surface area contributed by atoms with Crippen molar-refractivity contribution in [3.8, 4) is 0 Å². The van der Waals surface area contributed by atoms with Crippen LogP contribution in [0, 0.1) is 0 Å². The van der Waals surface area contributed by atoms with E-state index in [-0.39, 0.29) is 41.9 Å². The zero-order valence-electron chi connectivity index (χ0n) is 15.2. The molecule has 8 nitrogen and oxygen atoms in total. The van der Waals surface area contributed by atoms with Crippen LogP contribution in [0.25, 0.3) is 0 Å². The summed E-state index contributed by atoms with van der Waals surface area (Å²) in [5, 5.41) is 5.40. The summed E-state index contributed by atoms with van der Waals surface area (Å²) in [6, 6.07) is 5.91. The van der Waals surface area contributed by atoms with Crippen LogP contribution in [-0.2, 0) is 14.8 Å². The molecule has 0 spiro atoms. The highest BCUT2D eigenvalue weighted by Gasteiger charge is 2.29. The zero-order chi connectivity index (χ0) is 19.2. The Balaban J connectivity index is 2.07. The van der Waals surface area contributed by atoms with Gasteiger partial charge in [-0.3, -0.25) is 9.59 Å². The molecule has 26 heavy (non-hydrogen) atoms. The number of piperazine rings is 1. The van der Waals surface area contributed by atoms with Crippen molar-refractivity contribution in [2.24, 2.45) is 0 Å². The molecule has 0 atom stereocenters. The Labute approximate surface area is 154 Å². The van der Waals surface area contributed by atoms with Crippen LogP contribution in [0.15, 0.2) is 29.2 Å². The molecule has 1 aromatic carbocycles. The van der Waals surface area contributed by atoms with Gasteiger partial charge in [0.25, 0.3) is 5.91 Å². The van der Waals surface area contributed by atoms with Crippen LogP contribution in [0.3, 0.4) is 0 Å². The van der Waals surface area contributed by atoms with E-state index in [1.165, 1.54) is 18.2 Å². The first-order valence-electron chi connectivity index (χ1n) is 8.76. The van der Waals surface area contributed by atoms with Crippen LogP contribution in [0.1, 0.15) is 24.2 Å². The Morgan fingerprint density at radius 3 is 2.69 bits per heavy atom. The molecule has 1 heterocycles. The SMILES string of the molecule is CCN(CC)CCNC(=O)c1cccc(S(=O)(=O)N2CCNC(=O)C2)c1. The highest BCUT2D eigenvalue weighted by atomic mass is 32.2. The number of hydrogen-bond donors (Lipinski definition) is 2. The van der Waals surface area contributed by atoms with E-state index in [4.69, 9.17) is 0 Å². The molecule has 2 N–H and O–H groups in total. The van der Waals surface area contributed by atoms with Crippen molar-refractivity contribution in [1.29, 1.82) is 0 Å². The average molecular weight is 382 g/mol. The van der Waals surface area contributed by atoms with Crippen molar-refractivity contribution in [2.75, 3.05) is 45.8 Å². The Kier molecular flexibility index (Phi) is 7.13. The number of rotatable bonds is 8. The molecule has 0 saturated carbocycles. The third-order valence-electron chi connectivity index (χ3n) is 4.35. The van der Waals surface area contributed by atoms with Gasteiger partial charge < -0.3 is 15.5 Å². The van der Waals surface area contributed by atoms with Gasteiger partial charge in [0, 0.05) is 31.7 Å². The van der Waals surface area contributed by atoms with Crippen molar-refractivity contribution >= 4 is 21.8 Å². The number of likely N-dealkylation sites (N-methyl/N-ethyl adjacent to an activating group) is 1. The van der Waals surface area contributed by atoms with E-state index >= 15 is 0 Å². The second kappa shape index (κ2) is 9.11. The standard InChI is InChI=1S/C17H26N4O4S/c1-3-20(4-2)10-8-19-17(23)14-6-5-7-15(12-14)26(24,25)21-11-9-18-16(22)13-21/h5-7,12H,3-4,8-11,13H2,1-2H3,(H,18,22)(H,19,23). The molecule has 0 aromatic heterocycles. The highest BCUT2D eigenvalue weighted by Crippen LogP contribution is 2.17. The number of carbonyl (C=O) groups is 2. The third-order valence-corrected chi connectivity index (χ3v) is 6.19. The normalized spacial score (nSPS) is 15.7. The quantitative estimate of drug-likeness (QED) is 0.653. The van der Waals surface area contributed by atoms with Crippen LogP contribution in [-0.4, -0.2) is 75.3 Å². The minimum atomic E-state index is -3.81. The van der Waals surface area contributed by atoms with Crippen LogP contribution in [0.5, 0.6) is 0 Å². The predicted octanol–water partition coefficient (Wildman–Crippen LogP) is -0.121. The summed E-state index contributed by atoms with van der Waals surface area (Å²) in [7, 11) is -3.81. The summed E-state index contributed by atoms with van der Waals surface area (Å²) in [5.74, 6) is -0.643. The largest absolute Gasteiger partial charge is 0.354 e. The fourth-order valence-electron chi connectivity index (χ4n) is 2.74. The highest BCUT2D eigenvalue weighted by molar-refractivity contribution is 7.89. The molecule has 1 saturated heterocycles. The van der Waals surface area contributed by atoms with Gasteiger partial charge in [0.15, 0.2) is 0 Å². The fraction of sp³-hybridized carbons (Fsp3) is 0.529.